The molecule has 86 valence electrons. The van der Waals surface area contributed by atoms with E-state index in [1.54, 1.807) is 18.2 Å². The minimum atomic E-state index is -0.0961. The molecule has 0 aliphatic heterocycles. The lowest BCUT2D eigenvalue weighted by Gasteiger charge is -2.39. The highest BCUT2D eigenvalue weighted by Gasteiger charge is 2.33. The van der Waals surface area contributed by atoms with E-state index in [1.165, 1.54) is 6.42 Å². The molecule has 0 unspecified atom stereocenters. The van der Waals surface area contributed by atoms with Crippen molar-refractivity contribution in [3.05, 3.63) is 23.8 Å². The molecule has 0 aromatic heterocycles. The van der Waals surface area contributed by atoms with Gasteiger partial charge in [-0.25, -0.2) is 0 Å². The number of nitrogens with two attached hydrogens (primary N) is 2. The summed E-state index contributed by atoms with van der Waals surface area (Å²) >= 11 is 0. The fourth-order valence-electron chi connectivity index (χ4n) is 1.99. The first-order chi connectivity index (χ1) is 7.48. The standard InChI is InChI=1S/C12H17N3O/c1-12(3-2-4-12)15-11(16)8-5-9(13)7-10(14)6-8/h5-7H,2-4,13-14H2,1H3,(H,15,16). The zero-order valence-electron chi connectivity index (χ0n) is 9.42. The van der Waals surface area contributed by atoms with E-state index in [0.717, 1.165) is 12.8 Å². The van der Waals surface area contributed by atoms with Crippen molar-refractivity contribution < 1.29 is 4.79 Å². The fourth-order valence-corrected chi connectivity index (χ4v) is 1.99. The van der Waals surface area contributed by atoms with Crippen molar-refractivity contribution in [2.75, 3.05) is 11.5 Å². The Kier molecular flexibility index (Phi) is 2.50. The van der Waals surface area contributed by atoms with Gasteiger partial charge >= 0.3 is 0 Å². The van der Waals surface area contributed by atoms with Gasteiger partial charge in [-0.05, 0) is 44.4 Å². The van der Waals surface area contributed by atoms with Crippen molar-refractivity contribution in [1.29, 1.82) is 0 Å². The normalized spacial score (nSPS) is 17.6. The van der Waals surface area contributed by atoms with Gasteiger partial charge in [-0.1, -0.05) is 0 Å². The molecule has 4 nitrogen and oxygen atoms in total. The van der Waals surface area contributed by atoms with Crippen molar-refractivity contribution in [3.63, 3.8) is 0 Å². The molecular formula is C12H17N3O. The van der Waals surface area contributed by atoms with Crippen LogP contribution in [0.2, 0.25) is 0 Å². The molecule has 0 heterocycles. The minimum absolute atomic E-state index is 0.0452. The number of hydrogen-bond donors (Lipinski definition) is 3. The van der Waals surface area contributed by atoms with E-state index in [9.17, 15) is 4.79 Å². The highest BCUT2D eigenvalue weighted by molar-refractivity contribution is 5.96. The van der Waals surface area contributed by atoms with E-state index < -0.39 is 0 Å². The summed E-state index contributed by atoms with van der Waals surface area (Å²) in [5, 5.41) is 3.01. The van der Waals surface area contributed by atoms with Gasteiger partial charge in [0.1, 0.15) is 0 Å². The van der Waals surface area contributed by atoms with Crippen molar-refractivity contribution in [2.45, 2.75) is 31.7 Å². The molecular weight excluding hydrogens is 202 g/mol. The Morgan fingerprint density at radius 2 is 1.81 bits per heavy atom. The third kappa shape index (κ3) is 2.10. The van der Waals surface area contributed by atoms with Crippen LogP contribution in [0.3, 0.4) is 0 Å². The van der Waals surface area contributed by atoms with Crippen LogP contribution >= 0.6 is 0 Å². The lowest BCUT2D eigenvalue weighted by Crippen LogP contribution is -2.50. The average molecular weight is 219 g/mol. The monoisotopic (exact) mass is 219 g/mol. The largest absolute Gasteiger partial charge is 0.399 e. The van der Waals surface area contributed by atoms with Crippen LogP contribution in [0.15, 0.2) is 18.2 Å². The molecule has 0 bridgehead atoms. The average Bonchev–Trinajstić information content (AvgIpc) is 2.13. The number of hydrogen-bond acceptors (Lipinski definition) is 3. The molecule has 0 spiro atoms. The smallest absolute Gasteiger partial charge is 0.251 e. The Morgan fingerprint density at radius 1 is 1.25 bits per heavy atom. The number of carbonyl (C=O) groups excluding carboxylic acids is 1. The predicted octanol–water partition coefficient (Wildman–Crippen LogP) is 1.52. The molecule has 1 aromatic carbocycles. The highest BCUT2D eigenvalue weighted by Crippen LogP contribution is 2.31. The van der Waals surface area contributed by atoms with Gasteiger partial charge in [0.15, 0.2) is 0 Å². The van der Waals surface area contributed by atoms with Gasteiger partial charge in [-0.2, -0.15) is 0 Å². The van der Waals surface area contributed by atoms with Gasteiger partial charge in [-0.3, -0.25) is 4.79 Å². The molecule has 1 aliphatic rings. The Morgan fingerprint density at radius 3 is 2.25 bits per heavy atom. The molecule has 1 aliphatic carbocycles. The van der Waals surface area contributed by atoms with E-state index in [1.807, 2.05) is 0 Å². The Hall–Kier alpha value is -1.71. The van der Waals surface area contributed by atoms with Gasteiger partial charge in [-0.15, -0.1) is 0 Å². The zero-order chi connectivity index (χ0) is 11.8. The van der Waals surface area contributed by atoms with Crippen LogP contribution in [0.1, 0.15) is 36.5 Å². The van der Waals surface area contributed by atoms with Crippen molar-refractivity contribution >= 4 is 17.3 Å². The van der Waals surface area contributed by atoms with Crippen LogP contribution in [0.4, 0.5) is 11.4 Å². The third-order valence-corrected chi connectivity index (χ3v) is 3.11. The van der Waals surface area contributed by atoms with E-state index in [-0.39, 0.29) is 11.4 Å². The van der Waals surface area contributed by atoms with Gasteiger partial charge < -0.3 is 16.8 Å². The number of benzene rings is 1. The van der Waals surface area contributed by atoms with Crippen LogP contribution in [-0.4, -0.2) is 11.4 Å². The number of nitrogen functional groups attached to an aromatic ring is 2. The highest BCUT2D eigenvalue weighted by atomic mass is 16.1. The van der Waals surface area contributed by atoms with Crippen LogP contribution in [-0.2, 0) is 0 Å². The maximum Gasteiger partial charge on any atom is 0.251 e. The predicted molar refractivity (Wildman–Crippen MR) is 65.0 cm³/mol. The molecule has 0 atom stereocenters. The summed E-state index contributed by atoms with van der Waals surface area (Å²) in [6, 6.07) is 4.93. The molecule has 2 rings (SSSR count). The molecule has 1 amide bonds. The summed E-state index contributed by atoms with van der Waals surface area (Å²) in [6.07, 6.45) is 3.25. The quantitative estimate of drug-likeness (QED) is 0.660. The van der Waals surface area contributed by atoms with Crippen LogP contribution in [0.25, 0.3) is 0 Å². The van der Waals surface area contributed by atoms with Crippen LogP contribution in [0, 0.1) is 0 Å². The molecule has 1 fully saturated rings. The maximum atomic E-state index is 11.9. The zero-order valence-corrected chi connectivity index (χ0v) is 9.42. The topological polar surface area (TPSA) is 81.1 Å². The van der Waals surface area contributed by atoms with Gasteiger partial charge in [0.05, 0.1) is 0 Å². The first-order valence-electron chi connectivity index (χ1n) is 5.47. The summed E-state index contributed by atoms with van der Waals surface area (Å²) in [5.74, 6) is -0.0961. The van der Waals surface area contributed by atoms with E-state index >= 15 is 0 Å². The van der Waals surface area contributed by atoms with Crippen molar-refractivity contribution in [3.8, 4) is 0 Å². The lowest BCUT2D eigenvalue weighted by molar-refractivity contribution is 0.0850. The Bertz CT molecular complexity index is 404. The summed E-state index contributed by atoms with van der Waals surface area (Å²) in [7, 11) is 0. The molecule has 0 radical (unpaired) electrons. The summed E-state index contributed by atoms with van der Waals surface area (Å²) in [4.78, 5) is 11.9. The lowest BCUT2D eigenvalue weighted by atomic mass is 9.78. The van der Waals surface area contributed by atoms with Gasteiger partial charge in [0.2, 0.25) is 0 Å². The SMILES string of the molecule is CC1(NC(=O)c2cc(N)cc(N)c2)CCC1. The molecule has 1 aromatic rings. The first-order valence-corrected chi connectivity index (χ1v) is 5.47. The second kappa shape index (κ2) is 3.70. The van der Waals surface area contributed by atoms with Crippen molar-refractivity contribution in [1.82, 2.24) is 5.32 Å². The molecule has 0 saturated heterocycles. The van der Waals surface area contributed by atoms with Gasteiger partial charge in [0, 0.05) is 22.5 Å². The number of rotatable bonds is 2. The summed E-state index contributed by atoms with van der Waals surface area (Å²) in [5.41, 5.74) is 12.8. The number of amides is 1. The molecule has 5 N–H and O–H groups in total. The number of nitrogens with one attached hydrogen (secondary N) is 1. The number of anilines is 2. The van der Waals surface area contributed by atoms with Crippen molar-refractivity contribution in [2.24, 2.45) is 0 Å². The first kappa shape index (κ1) is 10.8. The van der Waals surface area contributed by atoms with Gasteiger partial charge in [0.25, 0.3) is 5.91 Å². The molecule has 4 heteroatoms. The minimum Gasteiger partial charge on any atom is -0.399 e. The van der Waals surface area contributed by atoms with E-state index in [0.29, 0.717) is 16.9 Å². The number of carbonyl (C=O) groups is 1. The van der Waals surface area contributed by atoms with E-state index in [4.69, 9.17) is 11.5 Å². The molecule has 1 saturated carbocycles. The Labute approximate surface area is 95.0 Å². The second-order valence-corrected chi connectivity index (χ2v) is 4.76. The third-order valence-electron chi connectivity index (χ3n) is 3.11. The second-order valence-electron chi connectivity index (χ2n) is 4.76. The van der Waals surface area contributed by atoms with Crippen LogP contribution < -0.4 is 16.8 Å². The van der Waals surface area contributed by atoms with Crippen LogP contribution in [0.5, 0.6) is 0 Å². The molecule has 16 heavy (non-hydrogen) atoms. The maximum absolute atomic E-state index is 11.9. The van der Waals surface area contributed by atoms with E-state index in [2.05, 4.69) is 12.2 Å². The Balaban J connectivity index is 2.14. The fraction of sp³-hybridized carbons (Fsp3) is 0.417. The summed E-state index contributed by atoms with van der Waals surface area (Å²) < 4.78 is 0. The summed E-state index contributed by atoms with van der Waals surface area (Å²) in [6.45, 7) is 2.06.